The lowest BCUT2D eigenvalue weighted by Crippen LogP contribution is -2.50. The number of anilines is 1. The van der Waals surface area contributed by atoms with Crippen molar-refractivity contribution in [3.63, 3.8) is 0 Å². The highest BCUT2D eigenvalue weighted by Crippen LogP contribution is 2.41. The molecule has 208 valence electrons. The molecule has 0 bridgehead atoms. The number of aliphatic imine (C=N–C) groups is 1. The normalized spacial score (nSPS) is 24.0. The summed E-state index contributed by atoms with van der Waals surface area (Å²) >= 11 is 0. The summed E-state index contributed by atoms with van der Waals surface area (Å²) in [5.41, 5.74) is 11.2. The Balaban J connectivity index is 1.38. The van der Waals surface area contributed by atoms with Gasteiger partial charge in [0.2, 0.25) is 15.8 Å². The first-order valence-electron chi connectivity index (χ1n) is 12.2. The number of nitrogens with one attached hydrogen (secondary N) is 2. The number of nitrogens with two attached hydrogens (primary N) is 2. The van der Waals surface area contributed by atoms with Crippen molar-refractivity contribution in [1.82, 2.24) is 14.2 Å². The van der Waals surface area contributed by atoms with Crippen LogP contribution in [-0.2, 0) is 26.7 Å². The molecule has 0 saturated carbocycles. The number of hydrogen-bond donors (Lipinski definition) is 4. The molecule has 6 N–H and O–H groups in total. The van der Waals surface area contributed by atoms with Crippen molar-refractivity contribution in [2.24, 2.45) is 16.5 Å². The molecule has 0 amide bonds. The van der Waals surface area contributed by atoms with Crippen LogP contribution in [-0.4, -0.2) is 81.0 Å². The van der Waals surface area contributed by atoms with Crippen molar-refractivity contribution in [2.75, 3.05) is 51.8 Å². The first kappa shape index (κ1) is 26.7. The molecule has 2 aromatic rings. The van der Waals surface area contributed by atoms with E-state index in [-0.39, 0.29) is 27.6 Å². The van der Waals surface area contributed by atoms with E-state index < -0.39 is 33.4 Å². The third-order valence-electron chi connectivity index (χ3n) is 7.26. The molecule has 1 unspecified atom stereocenters. The van der Waals surface area contributed by atoms with Crippen LogP contribution < -0.4 is 21.5 Å². The maximum Gasteiger partial charge on any atom is 0.418 e. The van der Waals surface area contributed by atoms with E-state index >= 15 is 0 Å². The number of ether oxygens (including phenoxy) is 2. The van der Waals surface area contributed by atoms with Crippen LogP contribution in [0.4, 0.5) is 19.0 Å². The van der Waals surface area contributed by atoms with Crippen LogP contribution >= 0.6 is 0 Å². The molecule has 4 heterocycles. The molecule has 2 fully saturated rings. The number of morpholine rings is 1. The number of amidine groups is 1. The lowest BCUT2D eigenvalue weighted by atomic mass is 10.0. The van der Waals surface area contributed by atoms with Crippen molar-refractivity contribution in [1.29, 1.82) is 0 Å². The fraction of sp³-hybridized carbons (Fsp3) is 0.522. The van der Waals surface area contributed by atoms with E-state index in [0.717, 1.165) is 32.1 Å². The number of rotatable bonds is 5. The number of nitrogens with zero attached hydrogens (tertiary/aromatic N) is 3. The van der Waals surface area contributed by atoms with E-state index in [9.17, 15) is 21.6 Å². The topological polar surface area (TPSA) is 151 Å². The van der Waals surface area contributed by atoms with Crippen molar-refractivity contribution in [3.05, 3.63) is 41.1 Å². The van der Waals surface area contributed by atoms with Gasteiger partial charge >= 0.3 is 6.18 Å². The summed E-state index contributed by atoms with van der Waals surface area (Å²) in [5, 5.41) is 2.75. The van der Waals surface area contributed by atoms with Gasteiger partial charge in [0, 0.05) is 44.5 Å². The quantitative estimate of drug-likeness (QED) is 0.431. The average molecular weight is 558 g/mol. The van der Waals surface area contributed by atoms with Gasteiger partial charge in [-0.25, -0.2) is 13.4 Å². The Labute approximate surface area is 218 Å². The number of hydrogen-bond acceptors (Lipinski definition) is 9. The van der Waals surface area contributed by atoms with Gasteiger partial charge in [-0.15, -0.1) is 0 Å². The molecule has 15 heteroatoms. The van der Waals surface area contributed by atoms with Gasteiger partial charge in [-0.2, -0.15) is 17.5 Å². The van der Waals surface area contributed by atoms with Crippen LogP contribution in [0, 0.1) is 0 Å². The van der Waals surface area contributed by atoms with E-state index in [0.29, 0.717) is 32.3 Å². The SMILES string of the molecule is COc1cc(S(=O)(=O)N2CCC(N3CCOCC3)CC2)ccc1C1(N)N=C(N)c2c(C(F)(F)F)c[nH]c2N1. The second kappa shape index (κ2) is 9.72. The molecule has 5 rings (SSSR count). The molecule has 11 nitrogen and oxygen atoms in total. The van der Waals surface area contributed by atoms with Crippen LogP contribution in [0.25, 0.3) is 0 Å². The summed E-state index contributed by atoms with van der Waals surface area (Å²) in [7, 11) is -2.49. The fourth-order valence-electron chi connectivity index (χ4n) is 5.29. The lowest BCUT2D eigenvalue weighted by molar-refractivity contribution is -0.137. The monoisotopic (exact) mass is 557 g/mol. The highest BCUT2D eigenvalue weighted by molar-refractivity contribution is 7.89. The minimum absolute atomic E-state index is 0.0132. The lowest BCUT2D eigenvalue weighted by Gasteiger charge is -2.39. The third kappa shape index (κ3) is 4.73. The highest BCUT2D eigenvalue weighted by Gasteiger charge is 2.43. The summed E-state index contributed by atoms with van der Waals surface area (Å²) in [6.07, 6.45) is -2.43. The number of benzene rings is 1. The Morgan fingerprint density at radius 3 is 2.50 bits per heavy atom. The second-order valence-corrected chi connectivity index (χ2v) is 11.4. The zero-order chi connectivity index (χ0) is 27.3. The zero-order valence-electron chi connectivity index (χ0n) is 20.7. The van der Waals surface area contributed by atoms with Gasteiger partial charge in [0.1, 0.15) is 17.4 Å². The summed E-state index contributed by atoms with van der Waals surface area (Å²) in [6, 6.07) is 4.46. The summed E-state index contributed by atoms with van der Waals surface area (Å²) < 4.78 is 79.3. The Hall–Kier alpha value is -2.85. The minimum Gasteiger partial charge on any atom is -0.496 e. The third-order valence-corrected chi connectivity index (χ3v) is 9.16. The first-order chi connectivity index (χ1) is 17.9. The molecule has 38 heavy (non-hydrogen) atoms. The van der Waals surface area contributed by atoms with Crippen LogP contribution in [0.2, 0.25) is 0 Å². The first-order valence-corrected chi connectivity index (χ1v) is 13.6. The molecule has 3 aliphatic heterocycles. The van der Waals surface area contributed by atoms with Gasteiger partial charge in [0.15, 0.2) is 0 Å². The van der Waals surface area contributed by atoms with Crippen molar-refractivity contribution in [2.45, 2.75) is 35.7 Å². The van der Waals surface area contributed by atoms with Crippen molar-refractivity contribution >= 4 is 21.7 Å². The maximum absolute atomic E-state index is 13.4. The van der Waals surface area contributed by atoms with Gasteiger partial charge in [-0.05, 0) is 25.0 Å². The molecule has 0 aliphatic carbocycles. The zero-order valence-corrected chi connectivity index (χ0v) is 21.5. The van der Waals surface area contributed by atoms with Crippen LogP contribution in [0.1, 0.15) is 29.5 Å². The number of aromatic nitrogens is 1. The Morgan fingerprint density at radius 1 is 1.18 bits per heavy atom. The number of fused-ring (bicyclic) bond motifs is 1. The number of halogens is 3. The van der Waals surface area contributed by atoms with Gasteiger partial charge in [0.05, 0.1) is 41.9 Å². The molecule has 2 saturated heterocycles. The molecule has 1 aromatic heterocycles. The van der Waals surface area contributed by atoms with Crippen LogP contribution in [0.5, 0.6) is 5.75 Å². The largest absolute Gasteiger partial charge is 0.496 e. The number of piperidine rings is 1. The summed E-state index contributed by atoms with van der Waals surface area (Å²) in [5.74, 6) is -2.20. The minimum atomic E-state index is -4.65. The van der Waals surface area contributed by atoms with Gasteiger partial charge in [0.25, 0.3) is 0 Å². The Morgan fingerprint density at radius 2 is 1.87 bits per heavy atom. The number of methoxy groups -OCH3 is 1. The maximum atomic E-state index is 13.4. The predicted octanol–water partition coefficient (Wildman–Crippen LogP) is 1.43. The molecule has 0 spiro atoms. The molecule has 3 aliphatic rings. The van der Waals surface area contributed by atoms with Gasteiger partial charge in [-0.1, -0.05) is 0 Å². The summed E-state index contributed by atoms with van der Waals surface area (Å²) in [4.78, 5) is 8.97. The molecule has 1 atom stereocenters. The number of sulfonamides is 1. The van der Waals surface area contributed by atoms with Crippen LogP contribution in [0.15, 0.2) is 34.3 Å². The smallest absolute Gasteiger partial charge is 0.418 e. The van der Waals surface area contributed by atoms with E-state index in [2.05, 4.69) is 20.2 Å². The number of H-pyrrole nitrogens is 1. The van der Waals surface area contributed by atoms with Gasteiger partial charge in [-0.3, -0.25) is 10.6 Å². The molecule has 0 radical (unpaired) electrons. The molecular formula is C23H30F3N7O4S. The standard InChI is InChI=1S/C23H30F3N7O4S/c1-36-18-12-15(38(34,35)33-6-4-14(5-7-33)32-8-10-37-11-9-32)2-3-16(18)23(28)30-20(27)19-17(22(24,25)26)13-29-21(19)31-23/h2-3,12-14,29,31H,4-11,28H2,1H3,(H2,27,30). The van der Waals surface area contributed by atoms with E-state index in [1.165, 1.54) is 29.6 Å². The van der Waals surface area contributed by atoms with Gasteiger partial charge < -0.3 is 25.5 Å². The second-order valence-electron chi connectivity index (χ2n) is 9.48. The van der Waals surface area contributed by atoms with E-state index in [4.69, 9.17) is 20.9 Å². The Bertz CT molecular complexity index is 1330. The number of aromatic amines is 1. The molecule has 1 aromatic carbocycles. The Kier molecular flexibility index (Phi) is 6.84. The number of alkyl halides is 3. The van der Waals surface area contributed by atoms with Crippen molar-refractivity contribution < 1.29 is 31.1 Å². The highest BCUT2D eigenvalue weighted by atomic mass is 32.2. The predicted molar refractivity (Wildman–Crippen MR) is 133 cm³/mol. The fourth-order valence-corrected chi connectivity index (χ4v) is 6.78. The average Bonchev–Trinajstić information content (AvgIpc) is 3.34. The van der Waals surface area contributed by atoms with Crippen molar-refractivity contribution in [3.8, 4) is 5.75 Å². The van der Waals surface area contributed by atoms with Crippen LogP contribution in [0.3, 0.4) is 0 Å². The van der Waals surface area contributed by atoms with E-state index in [1.807, 2.05) is 0 Å². The summed E-state index contributed by atoms with van der Waals surface area (Å²) in [6.45, 7) is 3.83. The van der Waals surface area contributed by atoms with E-state index in [1.54, 1.807) is 0 Å². The molecular weight excluding hydrogens is 527 g/mol.